The molecule has 4 rings (SSSR count). The van der Waals surface area contributed by atoms with Gasteiger partial charge in [-0.05, 0) is 19.3 Å². The van der Waals surface area contributed by atoms with Gasteiger partial charge in [-0.15, -0.1) is 5.10 Å². The Labute approximate surface area is 98.0 Å². The zero-order chi connectivity index (χ0) is 11.2. The highest BCUT2D eigenvalue weighted by Gasteiger charge is 2.31. The van der Waals surface area contributed by atoms with Crippen LogP contribution in [-0.2, 0) is 0 Å². The largest absolute Gasteiger partial charge is 0.474 e. The number of aromatic nitrogens is 4. The second-order valence-corrected chi connectivity index (χ2v) is 4.60. The molecule has 1 atom stereocenters. The lowest BCUT2D eigenvalue weighted by Crippen LogP contribution is -2.42. The third kappa shape index (κ3) is 1.23. The van der Waals surface area contributed by atoms with Crippen molar-refractivity contribution in [2.75, 3.05) is 18.1 Å². The Bertz CT molecular complexity index is 566. The fourth-order valence-electron chi connectivity index (χ4n) is 2.77. The molecule has 0 spiro atoms. The van der Waals surface area contributed by atoms with Crippen molar-refractivity contribution in [1.29, 1.82) is 0 Å². The molecule has 6 nitrogen and oxygen atoms in total. The maximum atomic E-state index is 5.77. The number of nitrogens with one attached hydrogen (secondary N) is 1. The van der Waals surface area contributed by atoms with E-state index < -0.39 is 0 Å². The van der Waals surface area contributed by atoms with Crippen LogP contribution in [-0.4, -0.2) is 39.4 Å². The summed E-state index contributed by atoms with van der Waals surface area (Å²) in [6.45, 7) is 1.74. The molecular formula is C11H13N5O. The highest BCUT2D eigenvalue weighted by atomic mass is 16.5. The van der Waals surface area contributed by atoms with Crippen molar-refractivity contribution >= 4 is 16.9 Å². The van der Waals surface area contributed by atoms with Gasteiger partial charge in [0, 0.05) is 6.54 Å². The van der Waals surface area contributed by atoms with Crippen LogP contribution in [0.15, 0.2) is 6.33 Å². The molecule has 0 radical (unpaired) electrons. The Balaban J connectivity index is 1.95. The average molecular weight is 231 g/mol. The van der Waals surface area contributed by atoms with E-state index in [4.69, 9.17) is 4.74 Å². The van der Waals surface area contributed by atoms with Crippen LogP contribution in [0.25, 0.3) is 11.0 Å². The monoisotopic (exact) mass is 231 g/mol. The van der Waals surface area contributed by atoms with Gasteiger partial charge < -0.3 is 9.64 Å². The van der Waals surface area contributed by atoms with Crippen molar-refractivity contribution in [3.63, 3.8) is 0 Å². The minimum absolute atomic E-state index is 0.427. The van der Waals surface area contributed by atoms with Gasteiger partial charge in [0.25, 0.3) is 0 Å². The fourth-order valence-corrected chi connectivity index (χ4v) is 2.77. The van der Waals surface area contributed by atoms with Crippen molar-refractivity contribution < 1.29 is 4.74 Å². The fraction of sp³-hybridized carbons (Fsp3) is 0.545. The molecule has 2 aromatic heterocycles. The number of nitrogens with zero attached hydrogens (tertiary/aromatic N) is 4. The topological polar surface area (TPSA) is 66.9 Å². The molecule has 1 unspecified atom stereocenters. The summed E-state index contributed by atoms with van der Waals surface area (Å²) in [4.78, 5) is 11.0. The van der Waals surface area contributed by atoms with Gasteiger partial charge in [-0.1, -0.05) is 0 Å². The lowest BCUT2D eigenvalue weighted by atomic mass is 10.0. The number of hydrogen-bond acceptors (Lipinski definition) is 5. The first-order valence-electron chi connectivity index (χ1n) is 6.02. The zero-order valence-electron chi connectivity index (χ0n) is 9.39. The molecule has 1 saturated heterocycles. The molecule has 0 aliphatic carbocycles. The number of aromatic amines is 1. The molecule has 6 heteroatoms. The van der Waals surface area contributed by atoms with Gasteiger partial charge in [-0.3, -0.25) is 5.10 Å². The molecule has 88 valence electrons. The summed E-state index contributed by atoms with van der Waals surface area (Å²) in [5.41, 5.74) is 0.760. The Morgan fingerprint density at radius 3 is 3.35 bits per heavy atom. The second-order valence-electron chi connectivity index (χ2n) is 4.60. The summed E-state index contributed by atoms with van der Waals surface area (Å²) >= 11 is 0. The first-order valence-corrected chi connectivity index (χ1v) is 6.02. The predicted molar refractivity (Wildman–Crippen MR) is 62.2 cm³/mol. The third-order valence-electron chi connectivity index (χ3n) is 3.62. The van der Waals surface area contributed by atoms with E-state index >= 15 is 0 Å². The van der Waals surface area contributed by atoms with Gasteiger partial charge in [0.1, 0.15) is 24.1 Å². The van der Waals surface area contributed by atoms with E-state index in [1.807, 2.05) is 0 Å². The lowest BCUT2D eigenvalue weighted by Gasteiger charge is -2.34. The smallest absolute Gasteiger partial charge is 0.246 e. The molecule has 0 aromatic carbocycles. The zero-order valence-corrected chi connectivity index (χ0v) is 9.39. The number of anilines is 1. The Morgan fingerprint density at radius 2 is 2.35 bits per heavy atom. The molecular weight excluding hydrogens is 218 g/mol. The average Bonchev–Trinajstić information content (AvgIpc) is 2.72. The normalized spacial score (nSPS) is 23.1. The van der Waals surface area contributed by atoms with E-state index in [2.05, 4.69) is 25.1 Å². The quantitative estimate of drug-likeness (QED) is 0.735. The van der Waals surface area contributed by atoms with Crippen LogP contribution < -0.4 is 9.64 Å². The van der Waals surface area contributed by atoms with Crippen LogP contribution in [0.4, 0.5) is 5.82 Å². The van der Waals surface area contributed by atoms with Gasteiger partial charge in [0.15, 0.2) is 5.65 Å². The number of rotatable bonds is 0. The number of piperidine rings is 1. The van der Waals surface area contributed by atoms with Crippen LogP contribution in [0.2, 0.25) is 0 Å². The van der Waals surface area contributed by atoms with E-state index in [1.165, 1.54) is 19.3 Å². The predicted octanol–water partition coefficient (Wildman–Crippen LogP) is 1.10. The maximum absolute atomic E-state index is 5.77. The molecule has 1 fully saturated rings. The van der Waals surface area contributed by atoms with Crippen LogP contribution in [0.3, 0.4) is 0 Å². The summed E-state index contributed by atoms with van der Waals surface area (Å²) < 4.78 is 5.77. The minimum atomic E-state index is 0.427. The minimum Gasteiger partial charge on any atom is -0.474 e. The van der Waals surface area contributed by atoms with E-state index in [1.54, 1.807) is 6.33 Å². The van der Waals surface area contributed by atoms with Crippen LogP contribution >= 0.6 is 0 Å². The van der Waals surface area contributed by atoms with Crippen molar-refractivity contribution in [3.8, 4) is 5.88 Å². The van der Waals surface area contributed by atoms with Crippen molar-refractivity contribution in [2.24, 2.45) is 0 Å². The van der Waals surface area contributed by atoms with Crippen LogP contribution in [0.1, 0.15) is 19.3 Å². The molecule has 2 aliphatic rings. The van der Waals surface area contributed by atoms with E-state index in [-0.39, 0.29) is 0 Å². The van der Waals surface area contributed by atoms with Crippen molar-refractivity contribution in [1.82, 2.24) is 20.2 Å². The van der Waals surface area contributed by atoms with Gasteiger partial charge >= 0.3 is 0 Å². The molecule has 0 saturated carbocycles. The molecule has 17 heavy (non-hydrogen) atoms. The second kappa shape index (κ2) is 3.32. The lowest BCUT2D eigenvalue weighted by molar-refractivity contribution is 0.258. The van der Waals surface area contributed by atoms with E-state index in [0.29, 0.717) is 18.5 Å². The highest BCUT2D eigenvalue weighted by Crippen LogP contribution is 2.35. The maximum Gasteiger partial charge on any atom is 0.246 e. The Morgan fingerprint density at radius 1 is 1.35 bits per heavy atom. The summed E-state index contributed by atoms with van der Waals surface area (Å²) in [7, 11) is 0. The summed E-state index contributed by atoms with van der Waals surface area (Å²) in [5, 5.41) is 7.99. The summed E-state index contributed by atoms with van der Waals surface area (Å²) in [5.74, 6) is 1.62. The number of H-pyrrole nitrogens is 1. The Kier molecular flexibility index (Phi) is 1.80. The first-order chi connectivity index (χ1) is 8.43. The SMILES string of the molecule is c1nc2c3c(n[nH]c3n1)OCC1CCCCN21. The molecule has 4 heterocycles. The third-order valence-corrected chi connectivity index (χ3v) is 3.62. The number of hydrogen-bond donors (Lipinski definition) is 1. The summed E-state index contributed by atoms with van der Waals surface area (Å²) in [6.07, 6.45) is 5.24. The molecule has 2 aliphatic heterocycles. The van der Waals surface area contributed by atoms with Crippen molar-refractivity contribution in [3.05, 3.63) is 6.33 Å². The highest BCUT2D eigenvalue weighted by molar-refractivity contribution is 5.92. The van der Waals surface area contributed by atoms with Gasteiger partial charge in [0.2, 0.25) is 5.88 Å². The van der Waals surface area contributed by atoms with Crippen molar-refractivity contribution in [2.45, 2.75) is 25.3 Å². The van der Waals surface area contributed by atoms with E-state index in [0.717, 1.165) is 23.4 Å². The van der Waals surface area contributed by atoms with E-state index in [9.17, 15) is 0 Å². The van der Waals surface area contributed by atoms with Gasteiger partial charge in [0.05, 0.1) is 6.04 Å². The van der Waals surface area contributed by atoms with Gasteiger partial charge in [-0.25, -0.2) is 9.97 Å². The van der Waals surface area contributed by atoms with Gasteiger partial charge in [-0.2, -0.15) is 0 Å². The van der Waals surface area contributed by atoms with Crippen LogP contribution in [0, 0.1) is 0 Å². The molecule has 0 amide bonds. The summed E-state index contributed by atoms with van der Waals surface area (Å²) in [6, 6.07) is 0.427. The van der Waals surface area contributed by atoms with Crippen LogP contribution in [0.5, 0.6) is 5.88 Å². The molecule has 0 bridgehead atoms. The first kappa shape index (κ1) is 9.21. The molecule has 2 aromatic rings. The Hall–Kier alpha value is -1.85. The number of ether oxygens (including phenoxy) is 1. The standard InChI is InChI=1S/C11H13N5O/c1-2-4-16-7(3-1)5-17-11-8-9(14-15-11)12-6-13-10(8)16/h6-7H,1-5H2,(H,12,13,14,15). The number of fused-ring (bicyclic) bond motifs is 2. The molecule has 1 N–H and O–H groups in total.